The predicted molar refractivity (Wildman–Crippen MR) is 124 cm³/mol. The molecule has 3 aliphatic heterocycles. The van der Waals surface area contributed by atoms with Crippen molar-refractivity contribution in [3.05, 3.63) is 53.5 Å². The number of likely N-dealkylation sites (tertiary alicyclic amines) is 2. The second-order valence-corrected chi connectivity index (χ2v) is 9.55. The number of hydrogen-bond donors (Lipinski definition) is 2. The number of amides is 1. The van der Waals surface area contributed by atoms with Gasteiger partial charge in [0.1, 0.15) is 23.0 Å². The second kappa shape index (κ2) is 8.74. The van der Waals surface area contributed by atoms with Gasteiger partial charge >= 0.3 is 0 Å². The van der Waals surface area contributed by atoms with Gasteiger partial charge in [-0.15, -0.1) is 0 Å². The summed E-state index contributed by atoms with van der Waals surface area (Å²) in [5.41, 5.74) is 7.42. The van der Waals surface area contributed by atoms with Gasteiger partial charge in [0.05, 0.1) is 0 Å². The molecule has 0 unspecified atom stereocenters. The minimum absolute atomic E-state index is 0.0621. The van der Waals surface area contributed by atoms with Crippen LogP contribution in [0.4, 0.5) is 10.2 Å². The lowest BCUT2D eigenvalue weighted by Gasteiger charge is -2.45. The Labute approximate surface area is 193 Å². The molecule has 2 aromatic rings. The maximum atomic E-state index is 13.6. The summed E-state index contributed by atoms with van der Waals surface area (Å²) in [7, 11) is 0. The summed E-state index contributed by atoms with van der Waals surface area (Å²) in [4.78, 5) is 21.6. The van der Waals surface area contributed by atoms with Crippen LogP contribution < -0.4 is 10.5 Å². The number of pyridine rings is 1. The summed E-state index contributed by atoms with van der Waals surface area (Å²) in [5.74, 6) is 1.07. The first-order chi connectivity index (χ1) is 15.9. The molecule has 1 aromatic heterocycles. The molecular formula is C25H30FN5O2. The molecule has 1 amide bonds. The van der Waals surface area contributed by atoms with Crippen LogP contribution in [0.15, 0.2) is 36.5 Å². The van der Waals surface area contributed by atoms with Gasteiger partial charge in [0.2, 0.25) is 5.91 Å². The normalized spacial score (nSPS) is 21.0. The lowest BCUT2D eigenvalue weighted by atomic mass is 9.81. The van der Waals surface area contributed by atoms with Gasteiger partial charge in [-0.3, -0.25) is 9.69 Å². The van der Waals surface area contributed by atoms with E-state index in [4.69, 9.17) is 15.9 Å². The first-order valence-corrected chi connectivity index (χ1v) is 11.7. The molecule has 0 saturated carbocycles. The lowest BCUT2D eigenvalue weighted by Crippen LogP contribution is -2.53. The first-order valence-electron chi connectivity index (χ1n) is 11.7. The smallest absolute Gasteiger partial charge is 0.225 e. The van der Waals surface area contributed by atoms with Crippen molar-refractivity contribution in [3.8, 4) is 5.75 Å². The van der Waals surface area contributed by atoms with E-state index in [0.29, 0.717) is 55.2 Å². The minimum atomic E-state index is -0.464. The van der Waals surface area contributed by atoms with Crippen LogP contribution in [-0.4, -0.2) is 58.2 Å². The molecule has 7 nitrogen and oxygen atoms in total. The summed E-state index contributed by atoms with van der Waals surface area (Å²) in [5, 5.41) is 8.39. The molecule has 33 heavy (non-hydrogen) atoms. The Morgan fingerprint density at radius 2 is 1.94 bits per heavy atom. The summed E-state index contributed by atoms with van der Waals surface area (Å²) >= 11 is 0. The van der Waals surface area contributed by atoms with Crippen LogP contribution in [0.2, 0.25) is 0 Å². The largest absolute Gasteiger partial charge is 0.486 e. The Hall–Kier alpha value is -3.00. The third kappa shape index (κ3) is 4.57. The first kappa shape index (κ1) is 21.8. The van der Waals surface area contributed by atoms with E-state index in [9.17, 15) is 9.18 Å². The second-order valence-electron chi connectivity index (χ2n) is 9.55. The van der Waals surface area contributed by atoms with Crippen molar-refractivity contribution < 1.29 is 13.9 Å². The quantitative estimate of drug-likeness (QED) is 0.747. The van der Waals surface area contributed by atoms with Crippen LogP contribution >= 0.6 is 0 Å². The molecule has 8 heteroatoms. The molecule has 5 rings (SSSR count). The van der Waals surface area contributed by atoms with Crippen molar-refractivity contribution in [1.82, 2.24) is 14.8 Å². The fourth-order valence-electron chi connectivity index (χ4n) is 5.37. The number of nitrogens with two attached hydrogens (primary N) is 1. The number of rotatable bonds is 3. The maximum Gasteiger partial charge on any atom is 0.225 e. The van der Waals surface area contributed by atoms with Crippen LogP contribution in [0.1, 0.15) is 43.2 Å². The van der Waals surface area contributed by atoms with Crippen molar-refractivity contribution in [2.75, 3.05) is 31.9 Å². The van der Waals surface area contributed by atoms with Gasteiger partial charge in [0.15, 0.2) is 0 Å². The number of nitrogens with one attached hydrogen (secondary N) is 1. The Kier molecular flexibility index (Phi) is 5.78. The molecule has 0 bridgehead atoms. The summed E-state index contributed by atoms with van der Waals surface area (Å²) in [6.07, 6.45) is 5.31. The highest BCUT2D eigenvalue weighted by molar-refractivity contribution is 6.02. The lowest BCUT2D eigenvalue weighted by molar-refractivity contribution is -0.140. The van der Waals surface area contributed by atoms with E-state index in [-0.39, 0.29) is 17.6 Å². The zero-order chi connectivity index (χ0) is 23.0. The zero-order valence-electron chi connectivity index (χ0n) is 18.7. The highest BCUT2D eigenvalue weighted by Gasteiger charge is 2.43. The van der Waals surface area contributed by atoms with Crippen molar-refractivity contribution in [1.29, 1.82) is 5.41 Å². The Morgan fingerprint density at radius 3 is 2.67 bits per heavy atom. The van der Waals surface area contributed by atoms with Gasteiger partial charge in [-0.05, 0) is 61.8 Å². The fraction of sp³-hybridized carbons (Fsp3) is 0.480. The molecule has 1 aromatic carbocycles. The summed E-state index contributed by atoms with van der Waals surface area (Å²) in [6.45, 7) is 3.89. The van der Waals surface area contributed by atoms with Gasteiger partial charge in [-0.25, -0.2) is 9.37 Å². The van der Waals surface area contributed by atoms with Crippen molar-refractivity contribution in [3.63, 3.8) is 0 Å². The number of halogens is 1. The van der Waals surface area contributed by atoms with Gasteiger partial charge in [0.25, 0.3) is 0 Å². The van der Waals surface area contributed by atoms with E-state index < -0.39 is 5.60 Å². The number of ether oxygens (including phenoxy) is 1. The molecule has 1 spiro atoms. The molecule has 2 saturated heterocycles. The molecule has 4 heterocycles. The molecule has 174 valence electrons. The highest BCUT2D eigenvalue weighted by atomic mass is 19.1. The standard InChI is InChI=1S/C25H30FN5O2/c26-19-1-2-22-20(14-19)21(27)15-25(33-22)6-11-31(12-7-25)24(32)18-4-9-30(10-5-18)16-17-3-8-29-23(28)13-17/h1-3,8,13-14,18,27H,4-7,9-12,15-16H2,(H2,28,29). The van der Waals surface area contributed by atoms with E-state index in [1.54, 1.807) is 12.3 Å². The van der Waals surface area contributed by atoms with E-state index in [2.05, 4.69) is 9.88 Å². The molecule has 0 aliphatic carbocycles. The van der Waals surface area contributed by atoms with Crippen LogP contribution in [0.3, 0.4) is 0 Å². The molecule has 3 aliphatic rings. The van der Waals surface area contributed by atoms with Crippen molar-refractivity contribution >= 4 is 17.4 Å². The summed E-state index contributed by atoms with van der Waals surface area (Å²) < 4.78 is 19.8. The third-order valence-electron chi connectivity index (χ3n) is 7.27. The topological polar surface area (TPSA) is 95.5 Å². The van der Waals surface area contributed by atoms with E-state index in [0.717, 1.165) is 38.0 Å². The van der Waals surface area contributed by atoms with E-state index in [1.807, 2.05) is 17.0 Å². The molecule has 0 atom stereocenters. The van der Waals surface area contributed by atoms with Crippen molar-refractivity contribution in [2.24, 2.45) is 5.92 Å². The third-order valence-corrected chi connectivity index (χ3v) is 7.27. The Bertz CT molecular complexity index is 1060. The van der Waals surface area contributed by atoms with Gasteiger partial charge in [-0.1, -0.05) is 0 Å². The van der Waals surface area contributed by atoms with Gasteiger partial charge < -0.3 is 20.8 Å². The number of carbonyl (C=O) groups excluding carboxylic acids is 1. The van der Waals surface area contributed by atoms with Crippen LogP contribution in [0, 0.1) is 17.1 Å². The SMILES string of the molecule is N=C1CC2(CCN(C(=O)C3CCN(Cc4ccnc(N)c4)CC3)CC2)Oc2ccc(F)cc21. The van der Waals surface area contributed by atoms with Crippen LogP contribution in [-0.2, 0) is 11.3 Å². The monoisotopic (exact) mass is 451 g/mol. The van der Waals surface area contributed by atoms with Crippen molar-refractivity contribution in [2.45, 2.75) is 44.2 Å². The van der Waals surface area contributed by atoms with Crippen LogP contribution in [0.25, 0.3) is 0 Å². The predicted octanol–water partition coefficient (Wildman–Crippen LogP) is 3.23. The van der Waals surface area contributed by atoms with Gasteiger partial charge in [-0.2, -0.15) is 0 Å². The number of nitrogen functional groups attached to an aromatic ring is 1. The molecular weight excluding hydrogens is 421 g/mol. The van der Waals surface area contributed by atoms with Crippen LogP contribution in [0.5, 0.6) is 5.75 Å². The molecule has 3 N–H and O–H groups in total. The minimum Gasteiger partial charge on any atom is -0.486 e. The average molecular weight is 452 g/mol. The molecule has 2 fully saturated rings. The number of hydrogen-bond acceptors (Lipinski definition) is 6. The average Bonchev–Trinajstić information content (AvgIpc) is 2.80. The number of fused-ring (bicyclic) bond motifs is 1. The maximum absolute atomic E-state index is 13.6. The Balaban J connectivity index is 1.14. The summed E-state index contributed by atoms with van der Waals surface area (Å²) in [6, 6.07) is 8.26. The Morgan fingerprint density at radius 1 is 1.18 bits per heavy atom. The number of nitrogens with zero attached hydrogens (tertiary/aromatic N) is 3. The molecule has 0 radical (unpaired) electrons. The number of anilines is 1. The van der Waals surface area contributed by atoms with E-state index >= 15 is 0 Å². The number of carbonyl (C=O) groups is 1. The number of benzene rings is 1. The number of piperidine rings is 2. The highest BCUT2D eigenvalue weighted by Crippen LogP contribution is 2.40. The van der Waals surface area contributed by atoms with E-state index in [1.165, 1.54) is 12.1 Å². The number of aromatic nitrogens is 1. The fourth-order valence-corrected chi connectivity index (χ4v) is 5.37. The van der Waals surface area contributed by atoms with Gasteiger partial charge in [0, 0.05) is 62.3 Å². The zero-order valence-corrected chi connectivity index (χ0v) is 18.7.